The molecule has 0 aromatic carbocycles. The Hall–Kier alpha value is -2.48. The van der Waals surface area contributed by atoms with Gasteiger partial charge in [-0.15, -0.1) is 0 Å². The summed E-state index contributed by atoms with van der Waals surface area (Å²) >= 11 is 0. The number of methoxy groups -OCH3 is 1. The molecule has 3 rings (SSSR count). The maximum atomic E-state index is 12.6. The molecule has 0 unspecified atom stereocenters. The van der Waals surface area contributed by atoms with E-state index in [1.54, 1.807) is 13.4 Å². The normalized spacial score (nSPS) is 22.4. The van der Waals surface area contributed by atoms with E-state index in [0.717, 1.165) is 41.4 Å². The van der Waals surface area contributed by atoms with E-state index in [-0.39, 0.29) is 24.0 Å². The molecule has 2 aromatic rings. The molecule has 1 amide bonds. The van der Waals surface area contributed by atoms with Gasteiger partial charge in [0.15, 0.2) is 0 Å². The lowest BCUT2D eigenvalue weighted by Gasteiger charge is -2.35. The zero-order chi connectivity index (χ0) is 19.4. The summed E-state index contributed by atoms with van der Waals surface area (Å²) in [5.74, 6) is 1.51. The molecule has 0 radical (unpaired) electrons. The molecule has 1 aliphatic carbocycles. The van der Waals surface area contributed by atoms with Gasteiger partial charge >= 0.3 is 0 Å². The van der Waals surface area contributed by atoms with E-state index in [0.29, 0.717) is 13.0 Å². The molecule has 0 spiro atoms. The Kier molecular flexibility index (Phi) is 6.05. The monoisotopic (exact) mass is 373 g/mol. The SMILES string of the molecule is CO[C@@H]1C[C@@H](C(=O)NCc2c(C)noc2C)CC[C@H]1Nc1cc(C)ncn1. The van der Waals surface area contributed by atoms with Gasteiger partial charge in [-0.05, 0) is 40.0 Å². The molecule has 0 aliphatic heterocycles. The Morgan fingerprint density at radius 2 is 2.11 bits per heavy atom. The number of carbonyl (C=O) groups excluding carboxylic acids is 1. The Morgan fingerprint density at radius 3 is 2.78 bits per heavy atom. The minimum absolute atomic E-state index is 0.0494. The average molecular weight is 373 g/mol. The van der Waals surface area contributed by atoms with Gasteiger partial charge in [0.2, 0.25) is 5.91 Å². The highest BCUT2D eigenvalue weighted by molar-refractivity contribution is 5.78. The first-order valence-electron chi connectivity index (χ1n) is 9.25. The highest BCUT2D eigenvalue weighted by Gasteiger charge is 2.34. The molecule has 2 aromatic heterocycles. The van der Waals surface area contributed by atoms with Crippen LogP contribution in [0, 0.1) is 26.7 Å². The van der Waals surface area contributed by atoms with E-state index in [2.05, 4.69) is 25.8 Å². The molecule has 1 saturated carbocycles. The number of carbonyl (C=O) groups is 1. The zero-order valence-corrected chi connectivity index (χ0v) is 16.3. The molecule has 1 aliphatic rings. The van der Waals surface area contributed by atoms with Crippen LogP contribution in [0.4, 0.5) is 5.82 Å². The molecule has 3 atom stereocenters. The van der Waals surface area contributed by atoms with Crippen LogP contribution in [0.15, 0.2) is 16.9 Å². The van der Waals surface area contributed by atoms with Crippen molar-refractivity contribution in [3.63, 3.8) is 0 Å². The lowest BCUT2D eigenvalue weighted by atomic mass is 9.83. The Balaban J connectivity index is 1.56. The summed E-state index contributed by atoms with van der Waals surface area (Å²) in [5.41, 5.74) is 2.67. The molecular weight excluding hydrogens is 346 g/mol. The van der Waals surface area contributed by atoms with Gasteiger partial charge in [0.05, 0.1) is 17.8 Å². The standard InChI is InChI=1S/C19H27N5O3/c1-11-7-18(22-10-21-11)23-16-6-5-14(8-17(16)26-4)19(25)20-9-15-12(2)24-27-13(15)3/h7,10,14,16-17H,5-6,8-9H2,1-4H3,(H,20,25)(H,21,22,23)/t14-,16+,17+/m0/s1. The lowest BCUT2D eigenvalue weighted by Crippen LogP contribution is -2.44. The van der Waals surface area contributed by atoms with E-state index in [1.165, 1.54) is 0 Å². The summed E-state index contributed by atoms with van der Waals surface area (Å²) < 4.78 is 10.8. The number of nitrogens with zero attached hydrogens (tertiary/aromatic N) is 3. The Bertz CT molecular complexity index is 772. The van der Waals surface area contributed by atoms with Crippen molar-refractivity contribution in [3.8, 4) is 0 Å². The summed E-state index contributed by atoms with van der Waals surface area (Å²) in [6.07, 6.45) is 3.81. The van der Waals surface area contributed by atoms with Crippen molar-refractivity contribution in [3.05, 3.63) is 35.1 Å². The van der Waals surface area contributed by atoms with Gasteiger partial charge in [-0.2, -0.15) is 0 Å². The summed E-state index contributed by atoms with van der Waals surface area (Å²) in [6, 6.07) is 2.03. The molecule has 1 fully saturated rings. The van der Waals surface area contributed by atoms with Crippen molar-refractivity contribution in [1.29, 1.82) is 0 Å². The van der Waals surface area contributed by atoms with E-state index < -0.39 is 0 Å². The first-order valence-corrected chi connectivity index (χ1v) is 9.25. The molecule has 146 valence electrons. The molecule has 27 heavy (non-hydrogen) atoms. The van der Waals surface area contributed by atoms with E-state index >= 15 is 0 Å². The fourth-order valence-corrected chi connectivity index (χ4v) is 3.59. The molecule has 0 bridgehead atoms. The van der Waals surface area contributed by atoms with Gasteiger partial charge in [-0.25, -0.2) is 9.97 Å². The minimum atomic E-state index is -0.0689. The van der Waals surface area contributed by atoms with E-state index in [1.807, 2.05) is 26.8 Å². The summed E-state index contributed by atoms with van der Waals surface area (Å²) in [5, 5.41) is 10.4. The second kappa shape index (κ2) is 8.47. The summed E-state index contributed by atoms with van der Waals surface area (Å²) in [6.45, 7) is 6.11. The maximum Gasteiger partial charge on any atom is 0.223 e. The number of aromatic nitrogens is 3. The van der Waals surface area contributed by atoms with Gasteiger partial charge in [0.1, 0.15) is 17.9 Å². The second-order valence-corrected chi connectivity index (χ2v) is 7.10. The van der Waals surface area contributed by atoms with Gasteiger partial charge in [0, 0.05) is 36.9 Å². The first-order chi connectivity index (χ1) is 13.0. The average Bonchev–Trinajstić information content (AvgIpc) is 2.98. The summed E-state index contributed by atoms with van der Waals surface area (Å²) in [7, 11) is 1.69. The minimum Gasteiger partial charge on any atom is -0.379 e. The molecule has 2 N–H and O–H groups in total. The van der Waals surface area contributed by atoms with Crippen LogP contribution < -0.4 is 10.6 Å². The van der Waals surface area contributed by atoms with Gasteiger partial charge in [-0.1, -0.05) is 5.16 Å². The second-order valence-electron chi connectivity index (χ2n) is 7.10. The first kappa shape index (κ1) is 19.3. The van der Waals surface area contributed by atoms with Crippen molar-refractivity contribution in [2.24, 2.45) is 5.92 Å². The quantitative estimate of drug-likeness (QED) is 0.801. The van der Waals surface area contributed by atoms with Crippen LogP contribution in [0.2, 0.25) is 0 Å². The molecule has 8 nitrogen and oxygen atoms in total. The lowest BCUT2D eigenvalue weighted by molar-refractivity contribution is -0.127. The number of ether oxygens (including phenoxy) is 1. The van der Waals surface area contributed by atoms with Crippen LogP contribution in [0.1, 0.15) is 42.0 Å². The topological polar surface area (TPSA) is 102 Å². The number of nitrogens with one attached hydrogen (secondary N) is 2. The highest BCUT2D eigenvalue weighted by Crippen LogP contribution is 2.29. The van der Waals surface area contributed by atoms with Crippen molar-refractivity contribution in [2.75, 3.05) is 12.4 Å². The van der Waals surface area contributed by atoms with Gasteiger partial charge < -0.3 is 19.9 Å². The van der Waals surface area contributed by atoms with Crippen LogP contribution in [0.25, 0.3) is 0 Å². The third kappa shape index (κ3) is 4.63. The van der Waals surface area contributed by atoms with E-state index in [4.69, 9.17) is 9.26 Å². The number of anilines is 1. The number of aryl methyl sites for hydroxylation is 3. The maximum absolute atomic E-state index is 12.6. The number of amides is 1. The molecular formula is C19H27N5O3. The molecule has 0 saturated heterocycles. The highest BCUT2D eigenvalue weighted by atomic mass is 16.5. The number of hydrogen-bond donors (Lipinski definition) is 2. The third-order valence-electron chi connectivity index (χ3n) is 5.22. The fraction of sp³-hybridized carbons (Fsp3) is 0.579. The van der Waals surface area contributed by atoms with Gasteiger partial charge in [0.25, 0.3) is 0 Å². The van der Waals surface area contributed by atoms with Crippen molar-refractivity contribution in [1.82, 2.24) is 20.4 Å². The van der Waals surface area contributed by atoms with Crippen LogP contribution in [0.3, 0.4) is 0 Å². The third-order valence-corrected chi connectivity index (χ3v) is 5.22. The predicted octanol–water partition coefficient (Wildman–Crippen LogP) is 2.30. The van der Waals surface area contributed by atoms with E-state index in [9.17, 15) is 4.79 Å². The van der Waals surface area contributed by atoms with Crippen molar-refractivity contribution < 1.29 is 14.1 Å². The van der Waals surface area contributed by atoms with Crippen molar-refractivity contribution >= 4 is 11.7 Å². The summed E-state index contributed by atoms with van der Waals surface area (Å²) in [4.78, 5) is 21.0. The predicted molar refractivity (Wildman–Crippen MR) is 100 cm³/mol. The van der Waals surface area contributed by atoms with Crippen LogP contribution in [0.5, 0.6) is 0 Å². The van der Waals surface area contributed by atoms with Crippen LogP contribution in [-0.4, -0.2) is 40.3 Å². The largest absolute Gasteiger partial charge is 0.379 e. The van der Waals surface area contributed by atoms with Gasteiger partial charge in [-0.3, -0.25) is 4.79 Å². The van der Waals surface area contributed by atoms with Crippen LogP contribution in [-0.2, 0) is 16.1 Å². The smallest absolute Gasteiger partial charge is 0.223 e. The fourth-order valence-electron chi connectivity index (χ4n) is 3.59. The van der Waals surface area contributed by atoms with Crippen molar-refractivity contribution in [2.45, 2.75) is 58.7 Å². The molecule has 2 heterocycles. The number of rotatable bonds is 6. The zero-order valence-electron chi connectivity index (χ0n) is 16.3. The Morgan fingerprint density at radius 1 is 1.30 bits per heavy atom. The molecule has 8 heteroatoms. The Labute approximate surface area is 159 Å². The number of hydrogen-bond acceptors (Lipinski definition) is 7. The van der Waals surface area contributed by atoms with Crippen LogP contribution >= 0.6 is 0 Å².